The van der Waals surface area contributed by atoms with Gasteiger partial charge in [0.2, 0.25) is 0 Å². The van der Waals surface area contributed by atoms with E-state index >= 15 is 0 Å². The third-order valence-electron chi connectivity index (χ3n) is 4.34. The molecule has 1 aliphatic heterocycles. The highest BCUT2D eigenvalue weighted by atomic mass is 35.5. The molecule has 0 bridgehead atoms. The quantitative estimate of drug-likeness (QED) is 0.926. The molecule has 1 N–H and O–H groups in total. The molecule has 1 atom stereocenters. The van der Waals surface area contributed by atoms with Crippen molar-refractivity contribution in [1.82, 2.24) is 14.7 Å². The van der Waals surface area contributed by atoms with E-state index in [-0.39, 0.29) is 5.91 Å². The molecule has 0 radical (unpaired) electrons. The van der Waals surface area contributed by atoms with Gasteiger partial charge in [0.15, 0.2) is 0 Å². The SMILES string of the molecule is Cc1c(C(=O)N2CCCC[C@@H]2C(=O)O)cnn1-c1cccc(Cl)c1. The van der Waals surface area contributed by atoms with Crippen molar-refractivity contribution in [3.63, 3.8) is 0 Å². The standard InChI is InChI=1S/C17H18ClN3O3/c1-11-14(10-19-21(11)13-6-4-5-12(18)9-13)16(22)20-8-3-2-7-15(20)17(23)24/h4-6,9-10,15H,2-3,7-8H2,1H3,(H,23,24)/t15-/m1/s1. The summed E-state index contributed by atoms with van der Waals surface area (Å²) in [5.74, 6) is -1.24. The molecule has 24 heavy (non-hydrogen) atoms. The molecule has 7 heteroatoms. The van der Waals surface area contributed by atoms with Gasteiger partial charge in [-0.25, -0.2) is 9.48 Å². The fourth-order valence-corrected chi connectivity index (χ4v) is 3.26. The van der Waals surface area contributed by atoms with Crippen LogP contribution in [0.4, 0.5) is 0 Å². The first kappa shape index (κ1) is 16.5. The number of aliphatic carboxylic acids is 1. The maximum atomic E-state index is 12.8. The van der Waals surface area contributed by atoms with Gasteiger partial charge in [0, 0.05) is 11.6 Å². The number of benzene rings is 1. The summed E-state index contributed by atoms with van der Waals surface area (Å²) < 4.78 is 1.64. The van der Waals surface area contributed by atoms with Gasteiger partial charge in [-0.15, -0.1) is 0 Å². The van der Waals surface area contributed by atoms with Gasteiger partial charge in [-0.3, -0.25) is 4.79 Å². The molecule has 0 spiro atoms. The van der Waals surface area contributed by atoms with Crippen molar-refractivity contribution in [2.45, 2.75) is 32.2 Å². The third kappa shape index (κ3) is 3.01. The fourth-order valence-electron chi connectivity index (χ4n) is 3.07. The van der Waals surface area contributed by atoms with E-state index in [2.05, 4.69) is 5.10 Å². The predicted molar refractivity (Wildman–Crippen MR) is 89.6 cm³/mol. The number of carboxylic acids is 1. The molecule has 1 aliphatic rings. The number of piperidine rings is 1. The van der Waals surface area contributed by atoms with Gasteiger partial charge in [-0.1, -0.05) is 17.7 Å². The van der Waals surface area contributed by atoms with E-state index in [4.69, 9.17) is 11.6 Å². The molecule has 0 saturated carbocycles. The zero-order valence-electron chi connectivity index (χ0n) is 13.3. The largest absolute Gasteiger partial charge is 0.480 e. The Kier molecular flexibility index (Phi) is 4.57. The normalized spacial score (nSPS) is 17.8. The Morgan fingerprint density at radius 2 is 2.12 bits per heavy atom. The van der Waals surface area contributed by atoms with Crippen LogP contribution in [0.15, 0.2) is 30.5 Å². The summed E-state index contributed by atoms with van der Waals surface area (Å²) in [6.07, 6.45) is 3.62. The van der Waals surface area contributed by atoms with E-state index in [0.29, 0.717) is 29.2 Å². The Bertz CT molecular complexity index is 787. The number of rotatable bonds is 3. The number of halogens is 1. The second-order valence-electron chi connectivity index (χ2n) is 5.88. The summed E-state index contributed by atoms with van der Waals surface area (Å²) in [6.45, 7) is 2.25. The maximum absolute atomic E-state index is 12.8. The Morgan fingerprint density at radius 1 is 1.33 bits per heavy atom. The molecule has 1 aromatic heterocycles. The number of hydrogen-bond acceptors (Lipinski definition) is 3. The minimum absolute atomic E-state index is 0.284. The molecule has 126 valence electrons. The molecule has 2 heterocycles. The molecule has 1 fully saturated rings. The molecule has 6 nitrogen and oxygen atoms in total. The number of nitrogens with zero attached hydrogens (tertiary/aromatic N) is 3. The van der Waals surface area contributed by atoms with E-state index in [9.17, 15) is 14.7 Å². The van der Waals surface area contributed by atoms with Gasteiger partial charge >= 0.3 is 5.97 Å². The second kappa shape index (κ2) is 6.65. The van der Waals surface area contributed by atoms with Gasteiger partial charge in [0.1, 0.15) is 6.04 Å². The minimum Gasteiger partial charge on any atom is -0.480 e. The van der Waals surface area contributed by atoms with Crippen molar-refractivity contribution in [3.05, 3.63) is 46.7 Å². The summed E-state index contributed by atoms with van der Waals surface area (Å²) >= 11 is 6.01. The van der Waals surface area contributed by atoms with Crippen LogP contribution >= 0.6 is 11.6 Å². The van der Waals surface area contributed by atoms with Crippen LogP contribution in [0.2, 0.25) is 5.02 Å². The highest BCUT2D eigenvalue weighted by Gasteiger charge is 2.33. The molecule has 3 rings (SSSR count). The van der Waals surface area contributed by atoms with Crippen LogP contribution in [0.1, 0.15) is 35.3 Å². The van der Waals surface area contributed by atoms with Crippen molar-refractivity contribution in [3.8, 4) is 5.69 Å². The summed E-state index contributed by atoms with van der Waals surface area (Å²) in [7, 11) is 0. The van der Waals surface area contributed by atoms with Crippen LogP contribution in [0.5, 0.6) is 0 Å². The molecule has 0 aliphatic carbocycles. The van der Waals surface area contributed by atoms with Crippen molar-refractivity contribution in [1.29, 1.82) is 0 Å². The van der Waals surface area contributed by atoms with E-state index < -0.39 is 12.0 Å². The van der Waals surface area contributed by atoms with Crippen LogP contribution in [0, 0.1) is 6.92 Å². The Labute approximate surface area is 144 Å². The molecule has 1 amide bonds. The monoisotopic (exact) mass is 347 g/mol. The smallest absolute Gasteiger partial charge is 0.326 e. The van der Waals surface area contributed by atoms with Crippen LogP contribution < -0.4 is 0 Å². The first-order valence-corrected chi connectivity index (χ1v) is 8.21. The summed E-state index contributed by atoms with van der Waals surface area (Å²) in [6, 6.07) is 6.42. The van der Waals surface area contributed by atoms with E-state index in [0.717, 1.165) is 18.5 Å². The van der Waals surface area contributed by atoms with E-state index in [1.165, 1.54) is 11.1 Å². The minimum atomic E-state index is -0.956. The van der Waals surface area contributed by atoms with Gasteiger partial charge in [0.25, 0.3) is 5.91 Å². The number of amides is 1. The average Bonchev–Trinajstić information content (AvgIpc) is 2.95. The first-order chi connectivity index (χ1) is 11.5. The second-order valence-corrected chi connectivity index (χ2v) is 6.32. The predicted octanol–water partition coefficient (Wildman–Crippen LogP) is 2.91. The van der Waals surface area contributed by atoms with Crippen molar-refractivity contribution in [2.75, 3.05) is 6.54 Å². The van der Waals surface area contributed by atoms with Crippen LogP contribution in [-0.4, -0.2) is 44.3 Å². The summed E-state index contributed by atoms with van der Waals surface area (Å²) in [5, 5.41) is 14.2. The van der Waals surface area contributed by atoms with Crippen molar-refractivity contribution in [2.24, 2.45) is 0 Å². The molecule has 0 unspecified atom stereocenters. The Balaban J connectivity index is 1.92. The van der Waals surface area contributed by atoms with Crippen LogP contribution in [-0.2, 0) is 4.79 Å². The number of hydrogen-bond donors (Lipinski definition) is 1. The van der Waals surface area contributed by atoms with Crippen LogP contribution in [0.25, 0.3) is 5.69 Å². The Morgan fingerprint density at radius 3 is 2.83 bits per heavy atom. The highest BCUT2D eigenvalue weighted by Crippen LogP contribution is 2.23. The van der Waals surface area contributed by atoms with E-state index in [1.54, 1.807) is 23.7 Å². The van der Waals surface area contributed by atoms with Gasteiger partial charge < -0.3 is 10.0 Å². The summed E-state index contributed by atoms with van der Waals surface area (Å²) in [4.78, 5) is 25.7. The maximum Gasteiger partial charge on any atom is 0.326 e. The number of carbonyl (C=O) groups excluding carboxylic acids is 1. The number of carbonyl (C=O) groups is 2. The highest BCUT2D eigenvalue weighted by molar-refractivity contribution is 6.30. The molecule has 2 aromatic rings. The zero-order chi connectivity index (χ0) is 17.3. The number of carboxylic acid groups (broad SMARTS) is 1. The molecule has 1 aromatic carbocycles. The van der Waals surface area contributed by atoms with Gasteiger partial charge in [0.05, 0.1) is 23.1 Å². The first-order valence-electron chi connectivity index (χ1n) is 7.83. The lowest BCUT2D eigenvalue weighted by Gasteiger charge is -2.32. The zero-order valence-corrected chi connectivity index (χ0v) is 14.0. The third-order valence-corrected chi connectivity index (χ3v) is 4.58. The topological polar surface area (TPSA) is 75.4 Å². The molecule has 1 saturated heterocycles. The number of likely N-dealkylation sites (tertiary alicyclic amines) is 1. The van der Waals surface area contributed by atoms with Crippen molar-refractivity contribution < 1.29 is 14.7 Å². The summed E-state index contributed by atoms with van der Waals surface area (Å²) in [5.41, 5.74) is 1.84. The molecular weight excluding hydrogens is 330 g/mol. The lowest BCUT2D eigenvalue weighted by Crippen LogP contribution is -2.48. The van der Waals surface area contributed by atoms with Gasteiger partial charge in [-0.05, 0) is 44.4 Å². The lowest BCUT2D eigenvalue weighted by atomic mass is 10.0. The number of aromatic nitrogens is 2. The molecular formula is C17H18ClN3O3. The fraction of sp³-hybridized carbons (Fsp3) is 0.353. The van der Waals surface area contributed by atoms with Crippen molar-refractivity contribution >= 4 is 23.5 Å². The Hall–Kier alpha value is -2.34. The van der Waals surface area contributed by atoms with Crippen LogP contribution in [0.3, 0.4) is 0 Å². The average molecular weight is 348 g/mol. The van der Waals surface area contributed by atoms with Gasteiger partial charge in [-0.2, -0.15) is 5.10 Å². The lowest BCUT2D eigenvalue weighted by molar-refractivity contribution is -0.143. The van der Waals surface area contributed by atoms with E-state index in [1.807, 2.05) is 12.1 Å².